The van der Waals surface area contributed by atoms with Crippen LogP contribution in [0.1, 0.15) is 26.7 Å². The number of carboxylic acids is 2. The molecule has 0 heterocycles. The van der Waals surface area contributed by atoms with Crippen LogP contribution in [0.5, 0.6) is 0 Å². The fourth-order valence-corrected chi connectivity index (χ4v) is 0. The molecule has 5 heteroatoms. The van der Waals surface area contributed by atoms with Gasteiger partial charge in [-0.2, -0.15) is 0 Å². The van der Waals surface area contributed by atoms with Gasteiger partial charge in [0, 0.05) is 11.9 Å². The van der Waals surface area contributed by atoms with E-state index in [4.69, 9.17) is 0 Å². The Kier molecular flexibility index (Phi) is 19.0. The van der Waals surface area contributed by atoms with E-state index in [1.165, 1.54) is 13.8 Å². The summed E-state index contributed by atoms with van der Waals surface area (Å²) in [7, 11) is 0. The Labute approximate surface area is 79.9 Å². The van der Waals surface area contributed by atoms with Crippen LogP contribution in [-0.4, -0.2) is 11.9 Å². The third-order valence-corrected chi connectivity index (χ3v) is 0.577. The van der Waals surface area contributed by atoms with Crippen molar-refractivity contribution >= 4 is 11.9 Å². The van der Waals surface area contributed by atoms with Crippen molar-refractivity contribution in [2.45, 2.75) is 26.7 Å². The predicted molar refractivity (Wildman–Crippen MR) is 30.6 cm³/mol. The molecule has 0 atom stereocenters. The molecular formula is C6H10MoO4. The van der Waals surface area contributed by atoms with Gasteiger partial charge in [-0.25, -0.2) is 0 Å². The normalized spacial score (nSPS) is 6.73. The zero-order chi connectivity index (χ0) is 8.57. The van der Waals surface area contributed by atoms with E-state index in [0.717, 1.165) is 0 Å². The molecular weight excluding hydrogens is 232 g/mol. The molecule has 0 N–H and O–H groups in total. The molecule has 0 saturated heterocycles. The first-order valence-electron chi connectivity index (χ1n) is 2.94. The quantitative estimate of drug-likeness (QED) is 0.540. The Bertz CT molecular complexity index is 99.1. The maximum atomic E-state index is 9.26. The summed E-state index contributed by atoms with van der Waals surface area (Å²) in [6.07, 6.45) is 0.222. The molecule has 0 fully saturated rings. The van der Waals surface area contributed by atoms with Crippen molar-refractivity contribution in [2.24, 2.45) is 0 Å². The topological polar surface area (TPSA) is 80.3 Å². The molecule has 0 rings (SSSR count). The molecule has 0 aromatic heterocycles. The number of rotatable bonds is 2. The Morgan fingerprint density at radius 3 is 1.09 bits per heavy atom. The largest absolute Gasteiger partial charge is 2.00 e. The van der Waals surface area contributed by atoms with Gasteiger partial charge in [0.2, 0.25) is 0 Å². The Morgan fingerprint density at radius 2 is 1.09 bits per heavy atom. The SMILES string of the molecule is CCC(=O)[O-].CCC(=O)[O-].[Mo+2]. The first-order valence-corrected chi connectivity index (χ1v) is 2.94. The van der Waals surface area contributed by atoms with Gasteiger partial charge in [0.15, 0.2) is 0 Å². The van der Waals surface area contributed by atoms with Gasteiger partial charge in [0.05, 0.1) is 0 Å². The van der Waals surface area contributed by atoms with Gasteiger partial charge in [-0.05, 0) is 12.8 Å². The maximum absolute atomic E-state index is 9.26. The first kappa shape index (κ1) is 16.9. The monoisotopic (exact) mass is 244 g/mol. The molecule has 0 aliphatic heterocycles. The molecule has 4 nitrogen and oxygen atoms in total. The summed E-state index contributed by atoms with van der Waals surface area (Å²) in [5.41, 5.74) is 0. The zero-order valence-electron chi connectivity index (χ0n) is 6.46. The minimum Gasteiger partial charge on any atom is -0.550 e. The van der Waals surface area contributed by atoms with E-state index in [1.54, 1.807) is 0 Å². The van der Waals surface area contributed by atoms with Crippen molar-refractivity contribution in [1.29, 1.82) is 0 Å². The smallest absolute Gasteiger partial charge is 0.550 e. The summed E-state index contributed by atoms with van der Waals surface area (Å²) in [6.45, 7) is 3.07. The molecule has 0 amide bonds. The third-order valence-electron chi connectivity index (χ3n) is 0.577. The number of hydrogen-bond acceptors (Lipinski definition) is 4. The van der Waals surface area contributed by atoms with Crippen LogP contribution in [0.15, 0.2) is 0 Å². The van der Waals surface area contributed by atoms with Crippen LogP contribution in [0.25, 0.3) is 0 Å². The van der Waals surface area contributed by atoms with Crippen molar-refractivity contribution in [3.8, 4) is 0 Å². The predicted octanol–water partition coefficient (Wildman–Crippen LogP) is -1.71. The fraction of sp³-hybridized carbons (Fsp3) is 0.667. The van der Waals surface area contributed by atoms with Crippen LogP contribution in [0.4, 0.5) is 0 Å². The minimum atomic E-state index is -0.995. The van der Waals surface area contributed by atoms with E-state index >= 15 is 0 Å². The zero-order valence-corrected chi connectivity index (χ0v) is 8.46. The van der Waals surface area contributed by atoms with Crippen LogP contribution < -0.4 is 10.2 Å². The Morgan fingerprint density at radius 1 is 1.00 bits per heavy atom. The molecule has 64 valence electrons. The molecule has 0 saturated carbocycles. The van der Waals surface area contributed by atoms with E-state index in [-0.39, 0.29) is 33.9 Å². The molecule has 0 aromatic carbocycles. The van der Waals surface area contributed by atoms with E-state index < -0.39 is 11.9 Å². The van der Waals surface area contributed by atoms with Crippen molar-refractivity contribution in [3.63, 3.8) is 0 Å². The second-order valence-electron chi connectivity index (χ2n) is 1.45. The fourth-order valence-electron chi connectivity index (χ4n) is 0. The minimum absolute atomic E-state index is 0. The Balaban J connectivity index is -0.000000107. The van der Waals surface area contributed by atoms with Gasteiger partial charge < -0.3 is 19.8 Å². The second kappa shape index (κ2) is 12.3. The van der Waals surface area contributed by atoms with Crippen molar-refractivity contribution in [3.05, 3.63) is 0 Å². The molecule has 0 unspecified atom stereocenters. The van der Waals surface area contributed by atoms with Crippen LogP contribution in [0.3, 0.4) is 0 Å². The Hall–Kier alpha value is -0.372. The average Bonchev–Trinajstić information content (AvgIpc) is 1.89. The molecule has 0 aromatic rings. The summed E-state index contributed by atoms with van der Waals surface area (Å²) in [5.74, 6) is -1.99. The van der Waals surface area contributed by atoms with Crippen molar-refractivity contribution < 1.29 is 40.9 Å². The van der Waals surface area contributed by atoms with E-state index in [1.807, 2.05) is 0 Å². The van der Waals surface area contributed by atoms with Crippen molar-refractivity contribution in [2.75, 3.05) is 0 Å². The van der Waals surface area contributed by atoms with Crippen LogP contribution in [0, 0.1) is 0 Å². The summed E-state index contributed by atoms with van der Waals surface area (Å²) in [6, 6.07) is 0. The van der Waals surface area contributed by atoms with Crippen LogP contribution in [-0.2, 0) is 30.7 Å². The number of carboxylic acid groups (broad SMARTS) is 2. The van der Waals surface area contributed by atoms with Crippen molar-refractivity contribution in [1.82, 2.24) is 0 Å². The summed E-state index contributed by atoms with van der Waals surface area (Å²) in [4.78, 5) is 18.5. The first-order chi connectivity index (χ1) is 4.54. The van der Waals surface area contributed by atoms with Gasteiger partial charge in [0.25, 0.3) is 0 Å². The number of carbonyl (C=O) groups excluding carboxylic acids is 2. The van der Waals surface area contributed by atoms with Gasteiger partial charge in [0.1, 0.15) is 0 Å². The van der Waals surface area contributed by atoms with Crippen LogP contribution >= 0.6 is 0 Å². The van der Waals surface area contributed by atoms with E-state index in [2.05, 4.69) is 0 Å². The number of carbonyl (C=O) groups is 2. The summed E-state index contributed by atoms with van der Waals surface area (Å²) < 4.78 is 0. The number of aliphatic carboxylic acids is 2. The van der Waals surface area contributed by atoms with Gasteiger partial charge >= 0.3 is 21.1 Å². The molecule has 0 bridgehead atoms. The van der Waals surface area contributed by atoms with Gasteiger partial charge in [-0.1, -0.05) is 13.8 Å². The van der Waals surface area contributed by atoms with Gasteiger partial charge in [-0.15, -0.1) is 0 Å². The summed E-state index contributed by atoms with van der Waals surface area (Å²) >= 11 is 0. The molecule has 0 radical (unpaired) electrons. The number of hydrogen-bond donors (Lipinski definition) is 0. The molecule has 11 heavy (non-hydrogen) atoms. The van der Waals surface area contributed by atoms with Crippen LogP contribution in [0.2, 0.25) is 0 Å². The van der Waals surface area contributed by atoms with E-state index in [0.29, 0.717) is 0 Å². The summed E-state index contributed by atoms with van der Waals surface area (Å²) in [5, 5.41) is 18.5. The maximum Gasteiger partial charge on any atom is 2.00 e. The molecule has 0 spiro atoms. The van der Waals surface area contributed by atoms with Gasteiger partial charge in [-0.3, -0.25) is 0 Å². The molecule has 0 aliphatic rings. The molecule has 0 aliphatic carbocycles. The van der Waals surface area contributed by atoms with E-state index in [9.17, 15) is 19.8 Å². The third kappa shape index (κ3) is 42.6. The average molecular weight is 242 g/mol. The standard InChI is InChI=1S/2C3H6O2.Mo/c2*1-2-3(4)5;/h2*2H2,1H3,(H,4,5);/q;;+2/p-2. The second-order valence-corrected chi connectivity index (χ2v) is 1.45.